The summed E-state index contributed by atoms with van der Waals surface area (Å²) < 4.78 is 6.80. The number of nitrogens with zero attached hydrogens (tertiary/aromatic N) is 2. The Hall–Kier alpha value is -2.48. The molecule has 0 bridgehead atoms. The molecule has 110 valence electrons. The van der Waals surface area contributed by atoms with E-state index >= 15 is 0 Å². The SMILES string of the molecule is C#CC(O)c1c(-c2cccc(OC)c2)nn2c(Cl)cccc12. The maximum absolute atomic E-state index is 10.2. The van der Waals surface area contributed by atoms with Gasteiger partial charge in [0.05, 0.1) is 12.6 Å². The number of pyridine rings is 1. The largest absolute Gasteiger partial charge is 0.497 e. The van der Waals surface area contributed by atoms with Gasteiger partial charge < -0.3 is 9.84 Å². The summed E-state index contributed by atoms with van der Waals surface area (Å²) in [5.74, 6) is 3.04. The van der Waals surface area contributed by atoms with E-state index in [4.69, 9.17) is 22.8 Å². The highest BCUT2D eigenvalue weighted by atomic mass is 35.5. The average molecular weight is 313 g/mol. The Labute approximate surface area is 132 Å². The lowest BCUT2D eigenvalue weighted by molar-refractivity contribution is 0.240. The van der Waals surface area contributed by atoms with Crippen molar-refractivity contribution in [2.45, 2.75) is 6.10 Å². The molecule has 1 unspecified atom stereocenters. The van der Waals surface area contributed by atoms with Gasteiger partial charge in [-0.1, -0.05) is 35.7 Å². The normalized spacial score (nSPS) is 12.1. The zero-order valence-electron chi connectivity index (χ0n) is 11.8. The van der Waals surface area contributed by atoms with Gasteiger partial charge >= 0.3 is 0 Å². The number of halogens is 1. The van der Waals surface area contributed by atoms with Crippen molar-refractivity contribution in [3.63, 3.8) is 0 Å². The van der Waals surface area contributed by atoms with Crippen LogP contribution < -0.4 is 4.74 Å². The maximum Gasteiger partial charge on any atom is 0.144 e. The molecular weight excluding hydrogens is 300 g/mol. The molecule has 1 atom stereocenters. The summed E-state index contributed by atoms with van der Waals surface area (Å²) in [4.78, 5) is 0. The van der Waals surface area contributed by atoms with Crippen LogP contribution in [0.5, 0.6) is 5.75 Å². The Morgan fingerprint density at radius 1 is 1.32 bits per heavy atom. The summed E-state index contributed by atoms with van der Waals surface area (Å²) in [6, 6.07) is 12.7. The molecule has 3 rings (SSSR count). The first-order valence-corrected chi connectivity index (χ1v) is 6.99. The standard InChI is InChI=1S/C17H13ClN2O2/c1-3-14(21)16-13-8-5-9-15(18)20(13)19-17(16)11-6-4-7-12(10-11)22-2/h1,4-10,14,21H,2H3. The summed E-state index contributed by atoms with van der Waals surface area (Å²) in [6.45, 7) is 0. The van der Waals surface area contributed by atoms with Gasteiger partial charge in [0, 0.05) is 11.1 Å². The van der Waals surface area contributed by atoms with E-state index in [2.05, 4.69) is 11.0 Å². The van der Waals surface area contributed by atoms with E-state index in [9.17, 15) is 5.11 Å². The second-order valence-corrected chi connectivity index (χ2v) is 5.10. The number of aliphatic hydroxyl groups excluding tert-OH is 1. The lowest BCUT2D eigenvalue weighted by Gasteiger charge is -2.07. The third-order valence-electron chi connectivity index (χ3n) is 3.42. The maximum atomic E-state index is 10.2. The molecule has 2 heterocycles. The number of hydrogen-bond acceptors (Lipinski definition) is 3. The van der Waals surface area contributed by atoms with E-state index in [1.165, 1.54) is 0 Å². The molecule has 0 saturated carbocycles. The van der Waals surface area contributed by atoms with Gasteiger partial charge in [-0.3, -0.25) is 0 Å². The van der Waals surface area contributed by atoms with Crippen LogP contribution in [0, 0.1) is 12.3 Å². The number of aromatic nitrogens is 2. The molecule has 0 spiro atoms. The second-order valence-electron chi connectivity index (χ2n) is 4.71. The molecule has 1 aromatic carbocycles. The van der Waals surface area contributed by atoms with Crippen LogP contribution >= 0.6 is 11.6 Å². The van der Waals surface area contributed by atoms with Gasteiger partial charge in [0.1, 0.15) is 22.7 Å². The highest BCUT2D eigenvalue weighted by Crippen LogP contribution is 2.33. The minimum atomic E-state index is -1.07. The summed E-state index contributed by atoms with van der Waals surface area (Å²) in [7, 11) is 1.59. The molecular formula is C17H13ClN2O2. The summed E-state index contributed by atoms with van der Waals surface area (Å²) in [6.07, 6.45) is 4.33. The van der Waals surface area contributed by atoms with Crippen LogP contribution in [0.3, 0.4) is 0 Å². The quantitative estimate of drug-likeness (QED) is 0.596. The first kappa shape index (κ1) is 14.5. The highest BCUT2D eigenvalue weighted by molar-refractivity contribution is 6.29. The van der Waals surface area contributed by atoms with E-state index in [-0.39, 0.29) is 0 Å². The van der Waals surface area contributed by atoms with Crippen molar-refractivity contribution in [2.75, 3.05) is 7.11 Å². The van der Waals surface area contributed by atoms with E-state index in [1.54, 1.807) is 23.8 Å². The molecule has 22 heavy (non-hydrogen) atoms. The van der Waals surface area contributed by atoms with E-state index in [0.29, 0.717) is 27.7 Å². The van der Waals surface area contributed by atoms with Crippen molar-refractivity contribution in [3.8, 4) is 29.4 Å². The fourth-order valence-electron chi connectivity index (χ4n) is 2.39. The molecule has 0 aliphatic heterocycles. The predicted octanol–water partition coefficient (Wildman–Crippen LogP) is 3.33. The first-order valence-electron chi connectivity index (χ1n) is 6.61. The Morgan fingerprint density at radius 2 is 2.09 bits per heavy atom. The summed E-state index contributed by atoms with van der Waals surface area (Å²) >= 11 is 6.18. The van der Waals surface area contributed by atoms with Crippen molar-refractivity contribution in [1.82, 2.24) is 9.61 Å². The molecule has 0 radical (unpaired) electrons. The Morgan fingerprint density at radius 3 is 2.82 bits per heavy atom. The van der Waals surface area contributed by atoms with Gasteiger partial charge in [0.2, 0.25) is 0 Å². The van der Waals surface area contributed by atoms with Crippen LogP contribution in [-0.4, -0.2) is 21.8 Å². The molecule has 2 aromatic heterocycles. The lowest BCUT2D eigenvalue weighted by Crippen LogP contribution is -1.95. The third-order valence-corrected chi connectivity index (χ3v) is 3.71. The van der Waals surface area contributed by atoms with Gasteiger partial charge in [0.25, 0.3) is 0 Å². The molecule has 0 aliphatic rings. The fraction of sp³-hybridized carbons (Fsp3) is 0.118. The Bertz CT molecular complexity index is 880. The molecule has 0 saturated heterocycles. The van der Waals surface area contributed by atoms with Crippen LogP contribution in [0.15, 0.2) is 42.5 Å². The number of benzene rings is 1. The number of rotatable bonds is 3. The molecule has 1 N–H and O–H groups in total. The number of terminal acetylenes is 1. The van der Waals surface area contributed by atoms with E-state index < -0.39 is 6.10 Å². The van der Waals surface area contributed by atoms with Crippen LogP contribution in [0.4, 0.5) is 0 Å². The zero-order chi connectivity index (χ0) is 15.7. The number of ether oxygens (including phenoxy) is 1. The third kappa shape index (κ3) is 2.31. The van der Waals surface area contributed by atoms with Crippen LogP contribution in [0.2, 0.25) is 5.15 Å². The van der Waals surface area contributed by atoms with Crippen molar-refractivity contribution in [1.29, 1.82) is 0 Å². The van der Waals surface area contributed by atoms with Gasteiger partial charge in [-0.25, -0.2) is 4.52 Å². The summed E-state index contributed by atoms with van der Waals surface area (Å²) in [5, 5.41) is 15.2. The van der Waals surface area contributed by atoms with Gasteiger partial charge in [0.15, 0.2) is 0 Å². The molecule has 5 heteroatoms. The monoisotopic (exact) mass is 312 g/mol. The number of aliphatic hydroxyl groups is 1. The number of methoxy groups -OCH3 is 1. The topological polar surface area (TPSA) is 46.8 Å². The molecule has 3 aromatic rings. The van der Waals surface area contributed by atoms with Crippen LogP contribution in [-0.2, 0) is 0 Å². The van der Waals surface area contributed by atoms with Gasteiger partial charge in [-0.05, 0) is 24.3 Å². The lowest BCUT2D eigenvalue weighted by atomic mass is 10.0. The second kappa shape index (κ2) is 5.72. The average Bonchev–Trinajstić information content (AvgIpc) is 2.95. The molecule has 0 amide bonds. The van der Waals surface area contributed by atoms with E-state index in [0.717, 1.165) is 5.56 Å². The zero-order valence-corrected chi connectivity index (χ0v) is 12.6. The minimum Gasteiger partial charge on any atom is -0.497 e. The van der Waals surface area contributed by atoms with Crippen molar-refractivity contribution < 1.29 is 9.84 Å². The van der Waals surface area contributed by atoms with Crippen molar-refractivity contribution in [3.05, 3.63) is 53.2 Å². The Kier molecular flexibility index (Phi) is 3.76. The molecule has 0 fully saturated rings. The van der Waals surface area contributed by atoms with Gasteiger partial charge in [-0.2, -0.15) is 5.10 Å². The van der Waals surface area contributed by atoms with E-state index in [1.807, 2.05) is 30.3 Å². The Balaban J connectivity index is 2.33. The molecule has 4 nitrogen and oxygen atoms in total. The first-order chi connectivity index (χ1) is 10.7. The minimum absolute atomic E-state index is 0.442. The molecule has 0 aliphatic carbocycles. The smallest absolute Gasteiger partial charge is 0.144 e. The van der Waals surface area contributed by atoms with Crippen molar-refractivity contribution >= 4 is 17.1 Å². The number of hydrogen-bond donors (Lipinski definition) is 1. The van der Waals surface area contributed by atoms with Crippen LogP contribution in [0.1, 0.15) is 11.7 Å². The predicted molar refractivity (Wildman–Crippen MR) is 86.0 cm³/mol. The van der Waals surface area contributed by atoms with Crippen LogP contribution in [0.25, 0.3) is 16.8 Å². The number of fused-ring (bicyclic) bond motifs is 1. The van der Waals surface area contributed by atoms with Crippen molar-refractivity contribution in [2.24, 2.45) is 0 Å². The van der Waals surface area contributed by atoms with Gasteiger partial charge in [-0.15, -0.1) is 6.42 Å². The highest BCUT2D eigenvalue weighted by Gasteiger charge is 2.21. The fourth-order valence-corrected chi connectivity index (χ4v) is 2.59. The summed E-state index contributed by atoms with van der Waals surface area (Å²) in [5.41, 5.74) is 2.61.